The Morgan fingerprint density at radius 1 is 1.28 bits per heavy atom. The van der Waals surface area contributed by atoms with Gasteiger partial charge in [-0.2, -0.15) is 0 Å². The molecule has 0 radical (unpaired) electrons. The number of benzene rings is 1. The van der Waals surface area contributed by atoms with Crippen molar-refractivity contribution < 1.29 is 9.47 Å². The van der Waals surface area contributed by atoms with Crippen molar-refractivity contribution in [3.63, 3.8) is 0 Å². The highest BCUT2D eigenvalue weighted by Crippen LogP contribution is 2.28. The molecule has 1 N–H and O–H groups in total. The fourth-order valence-electron chi connectivity index (χ4n) is 2.39. The van der Waals surface area contributed by atoms with Crippen LogP contribution in [0.2, 0.25) is 0 Å². The van der Waals surface area contributed by atoms with Gasteiger partial charge in [-0.25, -0.2) is 0 Å². The summed E-state index contributed by atoms with van der Waals surface area (Å²) in [5.74, 6) is 1.59. The van der Waals surface area contributed by atoms with Crippen LogP contribution in [-0.4, -0.2) is 44.8 Å². The Labute approximate surface area is 109 Å². The Balaban J connectivity index is 2.04. The summed E-state index contributed by atoms with van der Waals surface area (Å²) < 4.78 is 10.6. The second kappa shape index (κ2) is 6.07. The lowest BCUT2D eigenvalue weighted by Gasteiger charge is -2.31. The van der Waals surface area contributed by atoms with Gasteiger partial charge in [-0.1, -0.05) is 6.07 Å². The highest BCUT2D eigenvalue weighted by atomic mass is 16.5. The standard InChI is InChI=1S/C14H22N2O2/c1-11-9-16(7-6-15-11)10-12-4-5-13(17-2)14(8-12)18-3/h4-5,8,11,15H,6-7,9-10H2,1-3H3. The third kappa shape index (κ3) is 3.15. The highest BCUT2D eigenvalue weighted by molar-refractivity contribution is 5.42. The number of hydrogen-bond donors (Lipinski definition) is 1. The number of nitrogens with one attached hydrogen (secondary N) is 1. The summed E-state index contributed by atoms with van der Waals surface area (Å²) in [5.41, 5.74) is 1.27. The van der Waals surface area contributed by atoms with E-state index in [4.69, 9.17) is 9.47 Å². The van der Waals surface area contributed by atoms with Gasteiger partial charge in [0.1, 0.15) is 0 Å². The summed E-state index contributed by atoms with van der Waals surface area (Å²) >= 11 is 0. The molecule has 18 heavy (non-hydrogen) atoms. The zero-order valence-corrected chi connectivity index (χ0v) is 11.4. The highest BCUT2D eigenvalue weighted by Gasteiger charge is 2.16. The van der Waals surface area contributed by atoms with Crippen LogP contribution >= 0.6 is 0 Å². The lowest BCUT2D eigenvalue weighted by Crippen LogP contribution is -2.48. The molecule has 0 saturated carbocycles. The first-order chi connectivity index (χ1) is 8.72. The van der Waals surface area contributed by atoms with Crippen molar-refractivity contribution in [3.8, 4) is 11.5 Å². The first-order valence-corrected chi connectivity index (χ1v) is 6.39. The van der Waals surface area contributed by atoms with Crippen LogP contribution in [0.15, 0.2) is 18.2 Å². The summed E-state index contributed by atoms with van der Waals surface area (Å²) in [6.07, 6.45) is 0. The number of nitrogens with zero attached hydrogens (tertiary/aromatic N) is 1. The van der Waals surface area contributed by atoms with Gasteiger partial charge >= 0.3 is 0 Å². The molecule has 1 aromatic carbocycles. The molecular formula is C14H22N2O2. The molecule has 0 aromatic heterocycles. The summed E-state index contributed by atoms with van der Waals surface area (Å²) in [5, 5.41) is 3.45. The van der Waals surface area contributed by atoms with Crippen molar-refractivity contribution in [1.82, 2.24) is 10.2 Å². The van der Waals surface area contributed by atoms with E-state index in [9.17, 15) is 0 Å². The molecule has 4 heteroatoms. The van der Waals surface area contributed by atoms with Crippen LogP contribution in [0, 0.1) is 0 Å². The molecule has 0 bridgehead atoms. The van der Waals surface area contributed by atoms with Crippen LogP contribution in [0.25, 0.3) is 0 Å². The fourth-order valence-corrected chi connectivity index (χ4v) is 2.39. The van der Waals surface area contributed by atoms with Gasteiger partial charge in [0.05, 0.1) is 14.2 Å². The van der Waals surface area contributed by atoms with E-state index in [0.717, 1.165) is 37.7 Å². The maximum Gasteiger partial charge on any atom is 0.161 e. The SMILES string of the molecule is COc1ccc(CN2CCNC(C)C2)cc1OC. The van der Waals surface area contributed by atoms with Crippen LogP contribution < -0.4 is 14.8 Å². The van der Waals surface area contributed by atoms with Gasteiger partial charge in [-0.15, -0.1) is 0 Å². The average Bonchev–Trinajstić information content (AvgIpc) is 2.38. The third-order valence-corrected chi connectivity index (χ3v) is 3.31. The summed E-state index contributed by atoms with van der Waals surface area (Å²) in [6.45, 7) is 6.44. The maximum atomic E-state index is 5.33. The molecule has 100 valence electrons. The lowest BCUT2D eigenvalue weighted by atomic mass is 10.1. The molecule has 1 aliphatic heterocycles. The monoisotopic (exact) mass is 250 g/mol. The zero-order valence-electron chi connectivity index (χ0n) is 11.4. The largest absolute Gasteiger partial charge is 0.493 e. The smallest absolute Gasteiger partial charge is 0.161 e. The van der Waals surface area contributed by atoms with Crippen LogP contribution in [-0.2, 0) is 6.54 Å². The minimum Gasteiger partial charge on any atom is -0.493 e. The van der Waals surface area contributed by atoms with Crippen molar-refractivity contribution in [2.75, 3.05) is 33.9 Å². The van der Waals surface area contributed by atoms with Gasteiger partial charge in [0.15, 0.2) is 11.5 Å². The Hall–Kier alpha value is -1.26. The summed E-state index contributed by atoms with van der Waals surface area (Å²) in [6, 6.07) is 6.71. The molecule has 1 fully saturated rings. The van der Waals surface area contributed by atoms with E-state index in [-0.39, 0.29) is 0 Å². The van der Waals surface area contributed by atoms with E-state index >= 15 is 0 Å². The van der Waals surface area contributed by atoms with Crippen molar-refractivity contribution in [2.45, 2.75) is 19.5 Å². The number of piperazine rings is 1. The van der Waals surface area contributed by atoms with E-state index in [2.05, 4.69) is 29.3 Å². The molecule has 0 aliphatic carbocycles. The fraction of sp³-hybridized carbons (Fsp3) is 0.571. The second-order valence-electron chi connectivity index (χ2n) is 4.78. The van der Waals surface area contributed by atoms with Gasteiger partial charge in [0.2, 0.25) is 0 Å². The second-order valence-corrected chi connectivity index (χ2v) is 4.78. The van der Waals surface area contributed by atoms with Crippen LogP contribution in [0.1, 0.15) is 12.5 Å². The van der Waals surface area contributed by atoms with Crippen molar-refractivity contribution >= 4 is 0 Å². The molecular weight excluding hydrogens is 228 g/mol. The van der Waals surface area contributed by atoms with Gasteiger partial charge in [0, 0.05) is 32.2 Å². The molecule has 2 rings (SSSR count). The first-order valence-electron chi connectivity index (χ1n) is 6.39. The molecule has 1 heterocycles. The predicted octanol–water partition coefficient (Wildman–Crippen LogP) is 1.50. The van der Waals surface area contributed by atoms with Gasteiger partial charge in [-0.05, 0) is 24.6 Å². The lowest BCUT2D eigenvalue weighted by molar-refractivity contribution is 0.199. The quantitative estimate of drug-likeness (QED) is 0.878. The van der Waals surface area contributed by atoms with E-state index in [0.29, 0.717) is 6.04 Å². The number of rotatable bonds is 4. The summed E-state index contributed by atoms with van der Waals surface area (Å²) in [4.78, 5) is 2.46. The van der Waals surface area contributed by atoms with Crippen molar-refractivity contribution in [1.29, 1.82) is 0 Å². The predicted molar refractivity (Wildman–Crippen MR) is 72.3 cm³/mol. The van der Waals surface area contributed by atoms with E-state index in [1.165, 1.54) is 5.56 Å². The minimum absolute atomic E-state index is 0.568. The van der Waals surface area contributed by atoms with Gasteiger partial charge in [0.25, 0.3) is 0 Å². The van der Waals surface area contributed by atoms with Gasteiger partial charge < -0.3 is 14.8 Å². The van der Waals surface area contributed by atoms with Crippen LogP contribution in [0.3, 0.4) is 0 Å². The Bertz CT molecular complexity index is 395. The molecule has 1 unspecified atom stereocenters. The third-order valence-electron chi connectivity index (χ3n) is 3.31. The van der Waals surface area contributed by atoms with E-state index in [1.807, 2.05) is 6.07 Å². The topological polar surface area (TPSA) is 33.7 Å². The van der Waals surface area contributed by atoms with E-state index in [1.54, 1.807) is 14.2 Å². The van der Waals surface area contributed by atoms with Gasteiger partial charge in [-0.3, -0.25) is 4.90 Å². The number of methoxy groups -OCH3 is 2. The Morgan fingerprint density at radius 2 is 2.06 bits per heavy atom. The molecule has 0 amide bonds. The van der Waals surface area contributed by atoms with Crippen LogP contribution in [0.4, 0.5) is 0 Å². The molecule has 4 nitrogen and oxygen atoms in total. The number of hydrogen-bond acceptors (Lipinski definition) is 4. The average molecular weight is 250 g/mol. The maximum absolute atomic E-state index is 5.33. The normalized spacial score (nSPS) is 20.7. The van der Waals surface area contributed by atoms with Crippen molar-refractivity contribution in [3.05, 3.63) is 23.8 Å². The number of ether oxygens (including phenoxy) is 2. The Kier molecular flexibility index (Phi) is 4.44. The summed E-state index contributed by atoms with van der Waals surface area (Å²) in [7, 11) is 3.34. The zero-order chi connectivity index (χ0) is 13.0. The molecule has 1 saturated heterocycles. The van der Waals surface area contributed by atoms with E-state index < -0.39 is 0 Å². The Morgan fingerprint density at radius 3 is 2.72 bits per heavy atom. The molecule has 1 atom stereocenters. The van der Waals surface area contributed by atoms with Crippen molar-refractivity contribution in [2.24, 2.45) is 0 Å². The molecule has 0 spiro atoms. The van der Waals surface area contributed by atoms with Crippen LogP contribution in [0.5, 0.6) is 11.5 Å². The minimum atomic E-state index is 0.568. The first kappa shape index (κ1) is 13.2. The molecule has 1 aliphatic rings. The molecule has 1 aromatic rings.